The molecule has 1 N–H and O–H groups in total. The molecule has 6 heteroatoms. The van der Waals surface area contributed by atoms with Crippen molar-refractivity contribution in [3.8, 4) is 6.07 Å². The molecule has 0 spiro atoms. The Morgan fingerprint density at radius 3 is 2.67 bits per heavy atom. The molecule has 0 saturated carbocycles. The van der Waals surface area contributed by atoms with Gasteiger partial charge in [-0.05, 0) is 18.1 Å². The second-order valence-corrected chi connectivity index (χ2v) is 6.61. The molecule has 1 fully saturated rings. The Hall–Kier alpha value is -1.45. The Morgan fingerprint density at radius 2 is 2.17 bits per heavy atom. The lowest BCUT2D eigenvalue weighted by atomic mass is 10.1. The maximum absolute atomic E-state index is 13.6. The van der Waals surface area contributed by atoms with Crippen LogP contribution in [0.2, 0.25) is 0 Å². The summed E-state index contributed by atoms with van der Waals surface area (Å²) in [5.41, 5.74) is 0.318. The van der Waals surface area contributed by atoms with Crippen LogP contribution in [-0.2, 0) is 15.6 Å². The van der Waals surface area contributed by atoms with Gasteiger partial charge in [0, 0.05) is 18.7 Å². The van der Waals surface area contributed by atoms with Crippen LogP contribution in [0, 0.1) is 23.1 Å². The molecule has 1 aromatic carbocycles. The van der Waals surface area contributed by atoms with Crippen LogP contribution in [0.5, 0.6) is 0 Å². The summed E-state index contributed by atoms with van der Waals surface area (Å²) < 4.78 is 37.3. The highest BCUT2D eigenvalue weighted by atomic mass is 32.2. The molecule has 0 aromatic heterocycles. The molecule has 96 valence electrons. The molecule has 1 heterocycles. The number of hydrogen-bond donors (Lipinski definition) is 1. The number of halogens is 1. The van der Waals surface area contributed by atoms with Crippen LogP contribution in [0.25, 0.3) is 0 Å². The summed E-state index contributed by atoms with van der Waals surface area (Å²) in [6.07, 6.45) is 0. The summed E-state index contributed by atoms with van der Waals surface area (Å²) in [4.78, 5) is 0. The average Bonchev–Trinajstić information content (AvgIpc) is 2.26. The van der Waals surface area contributed by atoms with Gasteiger partial charge in [0.05, 0.1) is 23.1 Å². The first-order valence-corrected chi connectivity index (χ1v) is 7.42. The van der Waals surface area contributed by atoms with E-state index in [0.29, 0.717) is 13.1 Å². The molecule has 2 rings (SSSR count). The van der Waals surface area contributed by atoms with E-state index < -0.39 is 15.7 Å². The number of rotatable bonds is 4. The first-order valence-electron chi connectivity index (χ1n) is 5.60. The molecule has 4 nitrogen and oxygen atoms in total. The topological polar surface area (TPSA) is 70.0 Å². The maximum Gasteiger partial charge on any atom is 0.154 e. The number of benzene rings is 1. The monoisotopic (exact) mass is 268 g/mol. The molecule has 0 unspecified atom stereocenters. The van der Waals surface area contributed by atoms with Gasteiger partial charge in [-0.2, -0.15) is 5.26 Å². The Labute approximate surface area is 105 Å². The third kappa shape index (κ3) is 3.06. The van der Waals surface area contributed by atoms with Crippen LogP contribution in [0.3, 0.4) is 0 Å². The average molecular weight is 268 g/mol. The van der Waals surface area contributed by atoms with E-state index >= 15 is 0 Å². The van der Waals surface area contributed by atoms with Crippen molar-refractivity contribution in [2.24, 2.45) is 5.92 Å². The van der Waals surface area contributed by atoms with E-state index in [1.165, 1.54) is 12.1 Å². The normalized spacial score (nSPS) is 16.0. The van der Waals surface area contributed by atoms with E-state index in [0.717, 1.165) is 6.07 Å². The zero-order valence-electron chi connectivity index (χ0n) is 9.69. The Bertz CT molecular complexity index is 589. The van der Waals surface area contributed by atoms with Gasteiger partial charge in [0.1, 0.15) is 5.82 Å². The summed E-state index contributed by atoms with van der Waals surface area (Å²) in [6.45, 7) is 1.41. The minimum atomic E-state index is -3.30. The molecule has 18 heavy (non-hydrogen) atoms. The van der Waals surface area contributed by atoms with E-state index in [4.69, 9.17) is 5.26 Å². The Kier molecular flexibility index (Phi) is 3.64. The van der Waals surface area contributed by atoms with Gasteiger partial charge >= 0.3 is 0 Å². The fourth-order valence-electron chi connectivity index (χ4n) is 1.86. The van der Waals surface area contributed by atoms with Crippen molar-refractivity contribution in [1.82, 2.24) is 5.32 Å². The van der Waals surface area contributed by atoms with Crippen LogP contribution in [0.15, 0.2) is 18.2 Å². The largest absolute Gasteiger partial charge is 0.316 e. The molecule has 1 aliphatic heterocycles. The molecule has 1 aromatic rings. The molecule has 0 bridgehead atoms. The van der Waals surface area contributed by atoms with Crippen molar-refractivity contribution in [2.45, 2.75) is 5.75 Å². The van der Waals surface area contributed by atoms with Gasteiger partial charge in [0.25, 0.3) is 0 Å². The number of nitrogens with zero attached hydrogens (tertiary/aromatic N) is 1. The summed E-state index contributed by atoms with van der Waals surface area (Å²) >= 11 is 0. The van der Waals surface area contributed by atoms with Gasteiger partial charge < -0.3 is 5.32 Å². The van der Waals surface area contributed by atoms with Crippen molar-refractivity contribution in [1.29, 1.82) is 5.26 Å². The highest BCUT2D eigenvalue weighted by molar-refractivity contribution is 7.90. The van der Waals surface area contributed by atoms with Gasteiger partial charge in [-0.15, -0.1) is 0 Å². The lowest BCUT2D eigenvalue weighted by Crippen LogP contribution is -2.45. The molecule has 1 aliphatic rings. The van der Waals surface area contributed by atoms with E-state index in [-0.39, 0.29) is 28.6 Å². The predicted octanol–water partition coefficient (Wildman–Crippen LogP) is 0.832. The van der Waals surface area contributed by atoms with Gasteiger partial charge in [-0.25, -0.2) is 12.8 Å². The standard InChI is InChI=1S/C12H13FN2O2S/c13-12-3-9(4-14)1-2-11(12)8-18(16,17)7-10-5-15-6-10/h1-3,10,15H,5-8H2. The quantitative estimate of drug-likeness (QED) is 0.878. The van der Waals surface area contributed by atoms with Crippen LogP contribution in [-0.4, -0.2) is 27.3 Å². The zero-order valence-corrected chi connectivity index (χ0v) is 10.5. The van der Waals surface area contributed by atoms with Gasteiger partial charge in [0.15, 0.2) is 9.84 Å². The summed E-state index contributed by atoms with van der Waals surface area (Å²) in [6, 6.07) is 5.67. The van der Waals surface area contributed by atoms with Crippen molar-refractivity contribution < 1.29 is 12.8 Å². The fraction of sp³-hybridized carbons (Fsp3) is 0.417. The summed E-state index contributed by atoms with van der Waals surface area (Å²) in [7, 11) is -3.30. The smallest absolute Gasteiger partial charge is 0.154 e. The predicted molar refractivity (Wildman–Crippen MR) is 65.0 cm³/mol. The van der Waals surface area contributed by atoms with Gasteiger partial charge in [0.2, 0.25) is 0 Å². The lowest BCUT2D eigenvalue weighted by molar-refractivity contribution is 0.378. The molecular formula is C12H13FN2O2S. The molecular weight excluding hydrogens is 255 g/mol. The Balaban J connectivity index is 2.10. The minimum absolute atomic E-state index is 0.0828. The number of nitriles is 1. The van der Waals surface area contributed by atoms with Gasteiger partial charge in [-0.1, -0.05) is 6.07 Å². The van der Waals surface area contributed by atoms with Crippen molar-refractivity contribution in [2.75, 3.05) is 18.8 Å². The Morgan fingerprint density at radius 1 is 1.44 bits per heavy atom. The van der Waals surface area contributed by atoms with E-state index in [9.17, 15) is 12.8 Å². The van der Waals surface area contributed by atoms with Crippen molar-refractivity contribution in [3.05, 3.63) is 35.1 Å². The second-order valence-electron chi connectivity index (χ2n) is 4.50. The number of sulfone groups is 1. The van der Waals surface area contributed by atoms with Crippen LogP contribution >= 0.6 is 0 Å². The molecule has 0 aliphatic carbocycles. The third-order valence-corrected chi connectivity index (χ3v) is 4.64. The van der Waals surface area contributed by atoms with Crippen molar-refractivity contribution in [3.63, 3.8) is 0 Å². The highest BCUT2D eigenvalue weighted by Gasteiger charge is 2.25. The number of nitrogens with one attached hydrogen (secondary N) is 1. The first kappa shape index (κ1) is 13.0. The minimum Gasteiger partial charge on any atom is -0.316 e. The third-order valence-electron chi connectivity index (χ3n) is 2.91. The number of hydrogen-bond acceptors (Lipinski definition) is 4. The molecule has 0 radical (unpaired) electrons. The molecule has 1 saturated heterocycles. The maximum atomic E-state index is 13.6. The summed E-state index contributed by atoms with van der Waals surface area (Å²) in [5, 5.41) is 11.6. The second kappa shape index (κ2) is 5.04. The van der Waals surface area contributed by atoms with Gasteiger partial charge in [-0.3, -0.25) is 0 Å². The molecule has 0 atom stereocenters. The zero-order chi connectivity index (χ0) is 13.2. The van der Waals surface area contributed by atoms with E-state index in [1.54, 1.807) is 0 Å². The van der Waals surface area contributed by atoms with Crippen LogP contribution in [0.1, 0.15) is 11.1 Å². The summed E-state index contributed by atoms with van der Waals surface area (Å²) in [5.74, 6) is -0.721. The lowest BCUT2D eigenvalue weighted by Gasteiger charge is -2.26. The van der Waals surface area contributed by atoms with Crippen molar-refractivity contribution >= 4 is 9.84 Å². The highest BCUT2D eigenvalue weighted by Crippen LogP contribution is 2.16. The van der Waals surface area contributed by atoms with Crippen LogP contribution < -0.4 is 5.32 Å². The SMILES string of the molecule is N#Cc1ccc(CS(=O)(=O)CC2CNC2)c(F)c1. The fourth-order valence-corrected chi connectivity index (χ4v) is 3.63. The van der Waals surface area contributed by atoms with Crippen LogP contribution in [0.4, 0.5) is 4.39 Å². The molecule has 0 amide bonds. The van der Waals surface area contributed by atoms with E-state index in [1.807, 2.05) is 6.07 Å². The first-order chi connectivity index (χ1) is 8.50. The van der Waals surface area contributed by atoms with E-state index in [2.05, 4.69) is 5.32 Å².